The maximum atomic E-state index is 11.8. The van der Waals surface area contributed by atoms with Crippen molar-refractivity contribution < 1.29 is 4.79 Å². The highest BCUT2D eigenvalue weighted by Crippen LogP contribution is 2.21. The number of thiazole rings is 1. The summed E-state index contributed by atoms with van der Waals surface area (Å²) in [6.07, 6.45) is 3.27. The molecule has 2 rings (SSSR count). The number of hydrogen-bond donors (Lipinski definition) is 0. The molecule has 0 bridgehead atoms. The van der Waals surface area contributed by atoms with Gasteiger partial charge >= 0.3 is 0 Å². The molecule has 3 nitrogen and oxygen atoms in total. The molecule has 18 heavy (non-hydrogen) atoms. The monoisotopic (exact) mass is 262 g/mol. The third-order valence-electron chi connectivity index (χ3n) is 2.03. The van der Waals surface area contributed by atoms with Gasteiger partial charge in [-0.3, -0.25) is 4.79 Å². The van der Waals surface area contributed by atoms with Gasteiger partial charge in [0, 0.05) is 26.4 Å². The molecule has 0 radical (unpaired) electrons. The zero-order chi connectivity index (χ0) is 13.5. The molecule has 96 valence electrons. The van der Waals surface area contributed by atoms with E-state index in [2.05, 4.69) is 4.98 Å². The molecule has 1 aromatic carbocycles. The van der Waals surface area contributed by atoms with Gasteiger partial charge in [0.1, 0.15) is 0 Å². The Hall–Kier alpha value is -1.68. The van der Waals surface area contributed by atoms with Crippen LogP contribution in [0, 0.1) is 0 Å². The van der Waals surface area contributed by atoms with Gasteiger partial charge in [-0.25, -0.2) is 4.98 Å². The van der Waals surface area contributed by atoms with E-state index in [1.165, 1.54) is 17.4 Å². The number of hydrogen-bond acceptors (Lipinski definition) is 4. The van der Waals surface area contributed by atoms with E-state index in [9.17, 15) is 4.79 Å². The average Bonchev–Trinajstić information content (AvgIpc) is 2.82. The highest BCUT2D eigenvalue weighted by molar-refractivity contribution is 7.20. The van der Waals surface area contributed by atoms with Crippen LogP contribution in [0.4, 0.5) is 0 Å². The predicted molar refractivity (Wildman–Crippen MR) is 78.1 cm³/mol. The number of aromatic nitrogens is 1. The Kier molecular flexibility index (Phi) is 5.52. The van der Waals surface area contributed by atoms with Crippen LogP contribution in [0.3, 0.4) is 0 Å². The Morgan fingerprint density at radius 3 is 2.56 bits per heavy atom. The summed E-state index contributed by atoms with van der Waals surface area (Å²) in [6.45, 7) is 4.00. The summed E-state index contributed by atoms with van der Waals surface area (Å²) in [5.41, 5.74) is 0.883. The number of para-hydroxylation sites is 1. The maximum absolute atomic E-state index is 11.8. The topological polar surface area (TPSA) is 33.2 Å². The molecule has 0 N–H and O–H groups in total. The van der Waals surface area contributed by atoms with Gasteiger partial charge in [0.2, 0.25) is 5.78 Å². The van der Waals surface area contributed by atoms with E-state index >= 15 is 0 Å². The Morgan fingerprint density at radius 2 is 1.94 bits per heavy atom. The van der Waals surface area contributed by atoms with Crippen LogP contribution in [0.1, 0.15) is 23.6 Å². The number of rotatable bonds is 3. The van der Waals surface area contributed by atoms with E-state index in [-0.39, 0.29) is 5.78 Å². The molecule has 0 aliphatic carbocycles. The van der Waals surface area contributed by atoms with Crippen LogP contribution in [0.2, 0.25) is 0 Å². The Balaban J connectivity index is 0.000000771. The maximum Gasteiger partial charge on any atom is 0.215 e. The number of nitrogens with zero attached hydrogens (tertiary/aromatic N) is 2. The van der Waals surface area contributed by atoms with Gasteiger partial charge in [-0.15, -0.1) is 11.3 Å². The van der Waals surface area contributed by atoms with Gasteiger partial charge in [0.05, 0.1) is 10.2 Å². The normalized spacial score (nSPS) is 10.2. The Morgan fingerprint density at radius 1 is 1.28 bits per heavy atom. The quantitative estimate of drug-likeness (QED) is 0.626. The molecular formula is C14H18N2OS. The minimum atomic E-state index is -0.0464. The molecule has 2 aromatic rings. The molecule has 4 heteroatoms. The minimum Gasteiger partial charge on any atom is -0.383 e. The molecule has 0 saturated heterocycles. The van der Waals surface area contributed by atoms with Crippen molar-refractivity contribution >= 4 is 27.3 Å². The summed E-state index contributed by atoms with van der Waals surface area (Å²) in [6, 6.07) is 7.76. The van der Waals surface area contributed by atoms with Gasteiger partial charge in [-0.2, -0.15) is 0 Å². The smallest absolute Gasteiger partial charge is 0.215 e. The molecular weight excluding hydrogens is 244 g/mol. The number of carbonyl (C=O) groups is 1. The minimum absolute atomic E-state index is 0.0464. The van der Waals surface area contributed by atoms with Crippen LogP contribution in [0.5, 0.6) is 0 Å². The third-order valence-corrected chi connectivity index (χ3v) is 3.08. The number of fused-ring (bicyclic) bond motifs is 1. The van der Waals surface area contributed by atoms with Crippen molar-refractivity contribution in [1.82, 2.24) is 9.88 Å². The van der Waals surface area contributed by atoms with Gasteiger partial charge in [0.15, 0.2) is 5.01 Å². The van der Waals surface area contributed by atoms with Crippen molar-refractivity contribution in [3.8, 4) is 0 Å². The molecule has 1 heterocycles. The largest absolute Gasteiger partial charge is 0.383 e. The van der Waals surface area contributed by atoms with E-state index in [4.69, 9.17) is 0 Å². The van der Waals surface area contributed by atoms with Crippen molar-refractivity contribution in [3.05, 3.63) is 41.5 Å². The van der Waals surface area contributed by atoms with Crippen molar-refractivity contribution in [2.45, 2.75) is 13.8 Å². The highest BCUT2D eigenvalue weighted by atomic mass is 32.1. The summed E-state index contributed by atoms with van der Waals surface area (Å²) < 4.78 is 1.05. The standard InChI is InChI=1S/C12H12N2OS.C2H6/c1-14(2)8-7-10(15)12-13-9-5-3-4-6-11(9)16-12;1-2/h3-8H,1-2H3;1-2H3. The van der Waals surface area contributed by atoms with Crippen LogP contribution in [0.15, 0.2) is 36.5 Å². The van der Waals surface area contributed by atoms with Gasteiger partial charge < -0.3 is 4.90 Å². The molecule has 0 unspecified atom stereocenters. The lowest BCUT2D eigenvalue weighted by Crippen LogP contribution is -2.02. The second-order valence-electron chi connectivity index (χ2n) is 3.63. The van der Waals surface area contributed by atoms with Crippen LogP contribution in [-0.4, -0.2) is 29.8 Å². The van der Waals surface area contributed by atoms with E-state index < -0.39 is 0 Å². The fraction of sp³-hybridized carbons (Fsp3) is 0.286. The second-order valence-corrected chi connectivity index (χ2v) is 4.66. The molecule has 0 amide bonds. The van der Waals surface area contributed by atoms with Gasteiger partial charge in [-0.05, 0) is 12.1 Å². The van der Waals surface area contributed by atoms with Crippen molar-refractivity contribution in [2.75, 3.05) is 14.1 Å². The zero-order valence-electron chi connectivity index (χ0n) is 11.2. The van der Waals surface area contributed by atoms with E-state index in [0.717, 1.165) is 10.2 Å². The van der Waals surface area contributed by atoms with E-state index in [1.54, 1.807) is 6.20 Å². The van der Waals surface area contributed by atoms with Crippen LogP contribution in [0.25, 0.3) is 10.2 Å². The van der Waals surface area contributed by atoms with Gasteiger partial charge in [-0.1, -0.05) is 26.0 Å². The molecule has 1 aromatic heterocycles. The van der Waals surface area contributed by atoms with Crippen LogP contribution >= 0.6 is 11.3 Å². The van der Waals surface area contributed by atoms with E-state index in [0.29, 0.717) is 5.01 Å². The van der Waals surface area contributed by atoms with Crippen LogP contribution in [-0.2, 0) is 0 Å². The first-order valence-corrected chi connectivity index (χ1v) is 6.73. The first-order chi connectivity index (χ1) is 8.66. The van der Waals surface area contributed by atoms with Gasteiger partial charge in [0.25, 0.3) is 0 Å². The lowest BCUT2D eigenvalue weighted by atomic mass is 10.3. The lowest BCUT2D eigenvalue weighted by molar-refractivity contribution is 0.104. The molecule has 0 atom stereocenters. The fourth-order valence-corrected chi connectivity index (χ4v) is 2.15. The van der Waals surface area contributed by atoms with Crippen molar-refractivity contribution in [1.29, 1.82) is 0 Å². The highest BCUT2D eigenvalue weighted by Gasteiger charge is 2.08. The molecule has 0 saturated carbocycles. The average molecular weight is 262 g/mol. The summed E-state index contributed by atoms with van der Waals surface area (Å²) in [5.74, 6) is -0.0464. The second kappa shape index (κ2) is 6.91. The molecule has 0 aliphatic heterocycles. The van der Waals surface area contributed by atoms with Crippen molar-refractivity contribution in [2.24, 2.45) is 0 Å². The number of ketones is 1. The lowest BCUT2D eigenvalue weighted by Gasteiger charge is -2.01. The number of allylic oxidation sites excluding steroid dienone is 1. The zero-order valence-corrected chi connectivity index (χ0v) is 12.0. The summed E-state index contributed by atoms with van der Waals surface area (Å²) in [5, 5.41) is 0.541. The number of benzene rings is 1. The Labute approximate surface area is 112 Å². The third kappa shape index (κ3) is 3.67. The van der Waals surface area contributed by atoms with Crippen LogP contribution < -0.4 is 0 Å². The summed E-state index contributed by atoms with van der Waals surface area (Å²) in [7, 11) is 3.75. The molecule has 0 aliphatic rings. The number of carbonyl (C=O) groups excluding carboxylic acids is 1. The predicted octanol–water partition coefficient (Wildman–Crippen LogP) is 3.58. The summed E-state index contributed by atoms with van der Waals surface area (Å²) in [4.78, 5) is 17.9. The molecule has 0 spiro atoms. The fourth-order valence-electron chi connectivity index (χ4n) is 1.27. The first kappa shape index (κ1) is 14.4. The molecule has 0 fully saturated rings. The van der Waals surface area contributed by atoms with E-state index in [1.807, 2.05) is 57.1 Å². The Bertz CT molecular complexity index is 510. The SMILES string of the molecule is CC.CN(C)C=CC(=O)c1nc2ccccc2s1. The first-order valence-electron chi connectivity index (χ1n) is 5.91. The van der Waals surface area contributed by atoms with Crippen molar-refractivity contribution in [3.63, 3.8) is 0 Å². The summed E-state index contributed by atoms with van der Waals surface area (Å²) >= 11 is 1.43.